The lowest BCUT2D eigenvalue weighted by molar-refractivity contribution is 0.0483. The Morgan fingerprint density at radius 1 is 1.11 bits per heavy atom. The van der Waals surface area contributed by atoms with Gasteiger partial charge in [0.1, 0.15) is 5.60 Å². The highest BCUT2D eigenvalue weighted by molar-refractivity contribution is 9.10. The number of carbonyl (C=O) groups is 2. The molecule has 0 atom stereocenters. The van der Waals surface area contributed by atoms with E-state index < -0.39 is 17.6 Å². The third-order valence-electron chi connectivity index (χ3n) is 1.78. The standard InChI is InChI=1S/C12H15BrN2O3/c1-12(2,3)18-11(17)15-14-10(16)8-4-6-9(13)7-5-8/h4-7H,1-3H3,(H,14,16)(H,15,17). The van der Waals surface area contributed by atoms with Gasteiger partial charge in [0, 0.05) is 10.0 Å². The fourth-order valence-electron chi connectivity index (χ4n) is 1.08. The predicted molar refractivity (Wildman–Crippen MR) is 71.0 cm³/mol. The minimum Gasteiger partial charge on any atom is -0.443 e. The SMILES string of the molecule is CC(C)(C)OC(=O)NNC(=O)c1ccc(Br)cc1. The van der Waals surface area contributed by atoms with Crippen molar-refractivity contribution in [2.45, 2.75) is 26.4 Å². The van der Waals surface area contributed by atoms with Crippen molar-refractivity contribution in [3.63, 3.8) is 0 Å². The number of carbonyl (C=O) groups excluding carboxylic acids is 2. The molecule has 18 heavy (non-hydrogen) atoms. The Morgan fingerprint density at radius 2 is 1.67 bits per heavy atom. The highest BCUT2D eigenvalue weighted by Gasteiger charge is 2.16. The van der Waals surface area contributed by atoms with Crippen molar-refractivity contribution in [3.05, 3.63) is 34.3 Å². The van der Waals surface area contributed by atoms with Crippen LogP contribution in [0.5, 0.6) is 0 Å². The van der Waals surface area contributed by atoms with Crippen LogP contribution in [0.4, 0.5) is 4.79 Å². The fourth-order valence-corrected chi connectivity index (χ4v) is 1.35. The summed E-state index contributed by atoms with van der Waals surface area (Å²) in [4.78, 5) is 22.9. The highest BCUT2D eigenvalue weighted by Crippen LogP contribution is 2.10. The molecule has 0 fully saturated rings. The average Bonchev–Trinajstić information content (AvgIpc) is 2.24. The lowest BCUT2D eigenvalue weighted by atomic mass is 10.2. The number of hydrazine groups is 1. The van der Waals surface area contributed by atoms with Gasteiger partial charge in [0.2, 0.25) is 0 Å². The van der Waals surface area contributed by atoms with E-state index in [1.54, 1.807) is 45.0 Å². The third kappa shape index (κ3) is 5.18. The molecular weight excluding hydrogens is 300 g/mol. The van der Waals surface area contributed by atoms with Crippen molar-refractivity contribution in [1.29, 1.82) is 0 Å². The maximum Gasteiger partial charge on any atom is 0.426 e. The summed E-state index contributed by atoms with van der Waals surface area (Å²) in [6, 6.07) is 6.75. The van der Waals surface area contributed by atoms with Gasteiger partial charge in [-0.3, -0.25) is 10.2 Å². The van der Waals surface area contributed by atoms with Gasteiger partial charge in [0.05, 0.1) is 0 Å². The largest absolute Gasteiger partial charge is 0.443 e. The van der Waals surface area contributed by atoms with Crippen molar-refractivity contribution in [2.24, 2.45) is 0 Å². The minimum absolute atomic E-state index is 0.409. The van der Waals surface area contributed by atoms with Crippen LogP contribution in [-0.4, -0.2) is 17.6 Å². The van der Waals surface area contributed by atoms with E-state index in [0.29, 0.717) is 5.56 Å². The molecule has 2 N–H and O–H groups in total. The van der Waals surface area contributed by atoms with Gasteiger partial charge < -0.3 is 4.74 Å². The number of nitrogens with one attached hydrogen (secondary N) is 2. The van der Waals surface area contributed by atoms with E-state index in [1.165, 1.54) is 0 Å². The van der Waals surface area contributed by atoms with Gasteiger partial charge in [-0.05, 0) is 45.0 Å². The first kappa shape index (κ1) is 14.5. The normalized spacial score (nSPS) is 10.7. The second kappa shape index (κ2) is 5.86. The molecule has 0 aliphatic heterocycles. The number of ether oxygens (including phenoxy) is 1. The molecule has 6 heteroatoms. The molecule has 5 nitrogen and oxygen atoms in total. The third-order valence-corrected chi connectivity index (χ3v) is 2.31. The zero-order chi connectivity index (χ0) is 13.8. The Hall–Kier alpha value is -1.56. The van der Waals surface area contributed by atoms with Crippen molar-refractivity contribution in [2.75, 3.05) is 0 Å². The summed E-state index contributed by atoms with van der Waals surface area (Å²) in [6.45, 7) is 5.22. The molecule has 0 aromatic heterocycles. The highest BCUT2D eigenvalue weighted by atomic mass is 79.9. The Balaban J connectivity index is 2.47. The molecule has 1 aromatic rings. The van der Waals surface area contributed by atoms with Crippen LogP contribution in [0, 0.1) is 0 Å². The van der Waals surface area contributed by atoms with Gasteiger partial charge in [-0.1, -0.05) is 15.9 Å². The van der Waals surface area contributed by atoms with Crippen molar-refractivity contribution in [1.82, 2.24) is 10.9 Å². The molecule has 0 aliphatic rings. The van der Waals surface area contributed by atoms with Crippen LogP contribution in [0.1, 0.15) is 31.1 Å². The molecular formula is C12H15BrN2O3. The lowest BCUT2D eigenvalue weighted by Crippen LogP contribution is -2.44. The molecule has 0 aliphatic carbocycles. The molecule has 0 unspecified atom stereocenters. The van der Waals surface area contributed by atoms with Crippen LogP contribution in [0.15, 0.2) is 28.7 Å². The molecule has 2 amide bonds. The van der Waals surface area contributed by atoms with E-state index in [9.17, 15) is 9.59 Å². The Bertz CT molecular complexity index is 438. The first-order valence-corrected chi connectivity index (χ1v) is 6.12. The molecule has 0 saturated carbocycles. The van der Waals surface area contributed by atoms with E-state index in [-0.39, 0.29) is 0 Å². The van der Waals surface area contributed by atoms with Gasteiger partial charge in [0.25, 0.3) is 5.91 Å². The summed E-state index contributed by atoms with van der Waals surface area (Å²) < 4.78 is 5.85. The van der Waals surface area contributed by atoms with Crippen LogP contribution in [0.3, 0.4) is 0 Å². The van der Waals surface area contributed by atoms with E-state index in [2.05, 4.69) is 26.8 Å². The number of hydrogen-bond acceptors (Lipinski definition) is 3. The van der Waals surface area contributed by atoms with Crippen LogP contribution >= 0.6 is 15.9 Å². The van der Waals surface area contributed by atoms with E-state index in [1.807, 2.05) is 0 Å². The number of amides is 2. The number of benzene rings is 1. The maximum atomic E-state index is 11.6. The van der Waals surface area contributed by atoms with Crippen molar-refractivity contribution >= 4 is 27.9 Å². The molecule has 0 spiro atoms. The minimum atomic E-state index is -0.701. The summed E-state index contributed by atoms with van der Waals surface area (Å²) in [7, 11) is 0. The van der Waals surface area contributed by atoms with Gasteiger partial charge >= 0.3 is 6.09 Å². The zero-order valence-corrected chi connectivity index (χ0v) is 12.0. The first-order valence-electron chi connectivity index (χ1n) is 5.33. The van der Waals surface area contributed by atoms with E-state index >= 15 is 0 Å². The summed E-state index contributed by atoms with van der Waals surface area (Å²) >= 11 is 3.27. The van der Waals surface area contributed by atoms with Crippen molar-refractivity contribution < 1.29 is 14.3 Å². The van der Waals surface area contributed by atoms with Gasteiger partial charge in [0.15, 0.2) is 0 Å². The Morgan fingerprint density at radius 3 is 2.17 bits per heavy atom. The van der Waals surface area contributed by atoms with Crippen molar-refractivity contribution in [3.8, 4) is 0 Å². The van der Waals surface area contributed by atoms with Gasteiger partial charge in [-0.15, -0.1) is 0 Å². The smallest absolute Gasteiger partial charge is 0.426 e. The van der Waals surface area contributed by atoms with E-state index in [0.717, 1.165) is 4.47 Å². The van der Waals surface area contributed by atoms with Crippen LogP contribution in [0.2, 0.25) is 0 Å². The first-order chi connectivity index (χ1) is 8.28. The number of hydrogen-bond donors (Lipinski definition) is 2. The summed E-state index contributed by atoms with van der Waals surface area (Å²) in [5.41, 5.74) is 4.28. The Labute approximate surface area is 114 Å². The number of rotatable bonds is 1. The fraction of sp³-hybridized carbons (Fsp3) is 0.333. The molecule has 1 rings (SSSR count). The molecule has 0 heterocycles. The van der Waals surface area contributed by atoms with Crippen LogP contribution < -0.4 is 10.9 Å². The molecule has 0 bridgehead atoms. The molecule has 98 valence electrons. The van der Waals surface area contributed by atoms with Crippen LogP contribution in [0.25, 0.3) is 0 Å². The van der Waals surface area contributed by atoms with Crippen LogP contribution in [-0.2, 0) is 4.74 Å². The molecule has 0 saturated heterocycles. The molecule has 1 aromatic carbocycles. The summed E-state index contributed by atoms with van der Waals surface area (Å²) in [6.07, 6.45) is -0.701. The number of halogens is 1. The van der Waals surface area contributed by atoms with Gasteiger partial charge in [-0.2, -0.15) is 0 Å². The topological polar surface area (TPSA) is 67.4 Å². The Kier molecular flexibility index (Phi) is 4.72. The predicted octanol–water partition coefficient (Wildman–Crippen LogP) is 2.62. The average molecular weight is 315 g/mol. The second-order valence-corrected chi connectivity index (χ2v) is 5.50. The second-order valence-electron chi connectivity index (χ2n) is 4.59. The summed E-state index contributed by atoms with van der Waals surface area (Å²) in [5, 5.41) is 0. The quantitative estimate of drug-likeness (QED) is 0.783. The monoisotopic (exact) mass is 314 g/mol. The maximum absolute atomic E-state index is 11.6. The van der Waals surface area contributed by atoms with E-state index in [4.69, 9.17) is 4.74 Å². The lowest BCUT2D eigenvalue weighted by Gasteiger charge is -2.19. The van der Waals surface area contributed by atoms with Gasteiger partial charge in [-0.25, -0.2) is 10.2 Å². The summed E-state index contributed by atoms with van der Waals surface area (Å²) in [5.74, 6) is -0.409. The zero-order valence-electron chi connectivity index (χ0n) is 10.4. The molecule has 0 radical (unpaired) electrons.